The molecular formula is C18H24N4O3. The maximum absolute atomic E-state index is 12.5. The SMILES string of the molecule is CCc1cc(C(=O)N(C)C[C@]2(O)CCCN(c3ccccn3)C2)on1. The number of hydrogen-bond acceptors (Lipinski definition) is 6. The van der Waals surface area contributed by atoms with Crippen molar-refractivity contribution in [2.24, 2.45) is 0 Å². The minimum absolute atomic E-state index is 0.209. The fourth-order valence-corrected chi connectivity index (χ4v) is 3.26. The van der Waals surface area contributed by atoms with Crippen LogP contribution >= 0.6 is 0 Å². The molecule has 0 radical (unpaired) electrons. The van der Waals surface area contributed by atoms with Gasteiger partial charge >= 0.3 is 0 Å². The maximum atomic E-state index is 12.5. The molecule has 0 spiro atoms. The van der Waals surface area contributed by atoms with Crippen LogP contribution in [-0.2, 0) is 6.42 Å². The predicted molar refractivity (Wildman–Crippen MR) is 93.5 cm³/mol. The van der Waals surface area contributed by atoms with Gasteiger partial charge in [0.05, 0.1) is 17.8 Å². The van der Waals surface area contributed by atoms with Crippen molar-refractivity contribution in [1.29, 1.82) is 0 Å². The van der Waals surface area contributed by atoms with Crippen molar-refractivity contribution in [1.82, 2.24) is 15.0 Å². The zero-order valence-corrected chi connectivity index (χ0v) is 14.7. The smallest absolute Gasteiger partial charge is 0.292 e. The zero-order valence-electron chi connectivity index (χ0n) is 14.7. The third kappa shape index (κ3) is 3.99. The molecule has 3 rings (SSSR count). The minimum Gasteiger partial charge on any atom is -0.386 e. The van der Waals surface area contributed by atoms with Crippen LogP contribution in [0.15, 0.2) is 35.0 Å². The van der Waals surface area contributed by atoms with E-state index in [4.69, 9.17) is 4.52 Å². The lowest BCUT2D eigenvalue weighted by molar-refractivity contribution is -0.00106. The van der Waals surface area contributed by atoms with E-state index in [2.05, 4.69) is 15.0 Å². The van der Waals surface area contributed by atoms with Gasteiger partial charge in [0.2, 0.25) is 5.76 Å². The second kappa shape index (κ2) is 7.23. The van der Waals surface area contributed by atoms with Crippen LogP contribution < -0.4 is 4.90 Å². The van der Waals surface area contributed by atoms with Crippen LogP contribution in [0.3, 0.4) is 0 Å². The standard InChI is InChI=1S/C18H24N4O3/c1-3-14-11-15(25-20-14)17(23)21(2)12-18(24)8-6-10-22(13-18)16-7-4-5-9-19-16/h4-5,7,9,11,24H,3,6,8,10,12-13H2,1-2H3/t18-/m1/s1. The number of anilines is 1. The third-order valence-electron chi connectivity index (χ3n) is 4.54. The molecular weight excluding hydrogens is 320 g/mol. The first-order chi connectivity index (χ1) is 12.0. The highest BCUT2D eigenvalue weighted by molar-refractivity contribution is 5.91. The molecule has 0 bridgehead atoms. The predicted octanol–water partition coefficient (Wildman–Crippen LogP) is 1.74. The number of rotatable bonds is 5. The molecule has 0 aliphatic carbocycles. The normalized spacial score (nSPS) is 20.5. The van der Waals surface area contributed by atoms with Gasteiger partial charge in [-0.1, -0.05) is 18.1 Å². The Labute approximate surface area is 147 Å². The third-order valence-corrected chi connectivity index (χ3v) is 4.54. The fraction of sp³-hybridized carbons (Fsp3) is 0.500. The molecule has 0 saturated carbocycles. The van der Waals surface area contributed by atoms with Crippen LogP contribution in [0.1, 0.15) is 36.0 Å². The van der Waals surface area contributed by atoms with Gasteiger partial charge < -0.3 is 19.4 Å². The summed E-state index contributed by atoms with van der Waals surface area (Å²) >= 11 is 0. The summed E-state index contributed by atoms with van der Waals surface area (Å²) in [6.07, 6.45) is 3.94. The van der Waals surface area contributed by atoms with Crippen LogP contribution in [0.25, 0.3) is 0 Å². The molecule has 2 aromatic rings. The van der Waals surface area contributed by atoms with Gasteiger partial charge in [-0.05, 0) is 31.4 Å². The average molecular weight is 344 g/mol. The Kier molecular flexibility index (Phi) is 5.03. The first-order valence-electron chi connectivity index (χ1n) is 8.60. The Morgan fingerprint density at radius 2 is 2.32 bits per heavy atom. The van der Waals surface area contributed by atoms with Gasteiger partial charge in [-0.25, -0.2) is 4.98 Å². The number of aromatic nitrogens is 2. The van der Waals surface area contributed by atoms with Gasteiger partial charge in [0.1, 0.15) is 5.82 Å². The summed E-state index contributed by atoms with van der Waals surface area (Å²) in [5, 5.41) is 14.9. The molecule has 1 saturated heterocycles. The zero-order chi connectivity index (χ0) is 17.9. The topological polar surface area (TPSA) is 82.7 Å². The van der Waals surface area contributed by atoms with Gasteiger partial charge in [0, 0.05) is 32.4 Å². The highest BCUT2D eigenvalue weighted by Crippen LogP contribution is 2.26. The Bertz CT molecular complexity index is 718. The Balaban J connectivity index is 1.66. The fourth-order valence-electron chi connectivity index (χ4n) is 3.26. The van der Waals surface area contributed by atoms with Gasteiger partial charge in [0.25, 0.3) is 5.91 Å². The monoisotopic (exact) mass is 344 g/mol. The van der Waals surface area contributed by atoms with Crippen molar-refractivity contribution >= 4 is 11.7 Å². The summed E-state index contributed by atoms with van der Waals surface area (Å²) in [5.41, 5.74) is -0.234. The molecule has 3 heterocycles. The van der Waals surface area contributed by atoms with E-state index in [-0.39, 0.29) is 18.2 Å². The lowest BCUT2D eigenvalue weighted by atomic mass is 9.92. The molecule has 1 aliphatic heterocycles. The highest BCUT2D eigenvalue weighted by atomic mass is 16.5. The van der Waals surface area contributed by atoms with Gasteiger partial charge in [-0.15, -0.1) is 0 Å². The largest absolute Gasteiger partial charge is 0.386 e. The van der Waals surface area contributed by atoms with E-state index in [1.165, 1.54) is 4.90 Å². The van der Waals surface area contributed by atoms with Crippen molar-refractivity contribution in [3.8, 4) is 0 Å². The first-order valence-corrected chi connectivity index (χ1v) is 8.60. The number of aryl methyl sites for hydroxylation is 1. The van der Waals surface area contributed by atoms with Crippen LogP contribution in [0, 0.1) is 0 Å². The number of carbonyl (C=O) groups excluding carboxylic acids is 1. The first kappa shape index (κ1) is 17.4. The molecule has 0 aromatic carbocycles. The molecule has 1 atom stereocenters. The summed E-state index contributed by atoms with van der Waals surface area (Å²) in [5.74, 6) is 0.786. The molecule has 1 N–H and O–H groups in total. The van der Waals surface area contributed by atoms with Crippen LogP contribution in [0.2, 0.25) is 0 Å². The van der Waals surface area contributed by atoms with Crippen molar-refractivity contribution in [3.63, 3.8) is 0 Å². The molecule has 1 aliphatic rings. The molecule has 134 valence electrons. The molecule has 0 unspecified atom stereocenters. The number of carbonyl (C=O) groups is 1. The van der Waals surface area contributed by atoms with Gasteiger partial charge in [-0.3, -0.25) is 4.79 Å². The van der Waals surface area contributed by atoms with Gasteiger partial charge in [0.15, 0.2) is 0 Å². The van der Waals surface area contributed by atoms with Crippen molar-refractivity contribution in [2.45, 2.75) is 31.8 Å². The number of β-amino-alcohol motifs (C(OH)–C–C–N with tert-alkyl or cyclic N) is 1. The average Bonchev–Trinajstić information content (AvgIpc) is 3.10. The summed E-state index contributed by atoms with van der Waals surface area (Å²) in [6.45, 7) is 3.47. The van der Waals surface area contributed by atoms with Crippen LogP contribution in [0.5, 0.6) is 0 Å². The van der Waals surface area contributed by atoms with Crippen molar-refractivity contribution in [2.75, 3.05) is 31.6 Å². The van der Waals surface area contributed by atoms with E-state index in [9.17, 15) is 9.90 Å². The number of hydrogen-bond donors (Lipinski definition) is 1. The number of nitrogens with zero attached hydrogens (tertiary/aromatic N) is 4. The Morgan fingerprint density at radius 3 is 3.00 bits per heavy atom. The van der Waals surface area contributed by atoms with E-state index in [1.54, 1.807) is 19.3 Å². The number of pyridine rings is 1. The summed E-state index contributed by atoms with van der Waals surface area (Å²) < 4.78 is 5.11. The lowest BCUT2D eigenvalue weighted by Crippen LogP contribution is -2.54. The van der Waals surface area contributed by atoms with E-state index < -0.39 is 5.60 Å². The maximum Gasteiger partial charge on any atom is 0.292 e. The second-order valence-electron chi connectivity index (χ2n) is 6.63. The Hall–Kier alpha value is -2.41. The second-order valence-corrected chi connectivity index (χ2v) is 6.63. The van der Waals surface area contributed by atoms with E-state index in [1.807, 2.05) is 25.1 Å². The summed E-state index contributed by atoms with van der Waals surface area (Å²) in [6, 6.07) is 7.39. The van der Waals surface area contributed by atoms with Gasteiger partial charge in [-0.2, -0.15) is 0 Å². The lowest BCUT2D eigenvalue weighted by Gasteiger charge is -2.41. The molecule has 1 amide bonds. The molecule has 1 fully saturated rings. The number of piperidine rings is 1. The summed E-state index contributed by atoms with van der Waals surface area (Å²) in [7, 11) is 1.67. The summed E-state index contributed by atoms with van der Waals surface area (Å²) in [4.78, 5) is 20.4. The number of likely N-dealkylation sites (N-methyl/N-ethyl adjacent to an activating group) is 1. The van der Waals surface area contributed by atoms with E-state index in [0.717, 1.165) is 24.5 Å². The van der Waals surface area contributed by atoms with Crippen molar-refractivity contribution in [3.05, 3.63) is 41.9 Å². The minimum atomic E-state index is -0.978. The quantitative estimate of drug-likeness (QED) is 0.889. The molecule has 7 heteroatoms. The van der Waals surface area contributed by atoms with E-state index >= 15 is 0 Å². The van der Waals surface area contributed by atoms with Crippen molar-refractivity contribution < 1.29 is 14.4 Å². The Morgan fingerprint density at radius 1 is 1.48 bits per heavy atom. The molecule has 25 heavy (non-hydrogen) atoms. The number of aliphatic hydroxyl groups is 1. The molecule has 7 nitrogen and oxygen atoms in total. The highest BCUT2D eigenvalue weighted by Gasteiger charge is 2.36. The molecule has 2 aromatic heterocycles. The van der Waals surface area contributed by atoms with Crippen LogP contribution in [0.4, 0.5) is 5.82 Å². The number of amides is 1. The van der Waals surface area contributed by atoms with Crippen LogP contribution in [-0.4, -0.2) is 58.3 Å². The van der Waals surface area contributed by atoms with E-state index in [0.29, 0.717) is 19.4 Å².